The molecule has 1 heterocycles. The van der Waals surface area contributed by atoms with Crippen LogP contribution in [0.5, 0.6) is 0 Å². The quantitative estimate of drug-likeness (QED) is 0.0957. The molecule has 3 fully saturated rings. The monoisotopic (exact) mass is 592 g/mol. The number of hydrogen-bond donors (Lipinski definition) is 2. The van der Waals surface area contributed by atoms with Crippen LogP contribution in [-0.2, 0) is 23.8 Å². The van der Waals surface area contributed by atoms with Gasteiger partial charge in [-0.3, -0.25) is 4.79 Å². The number of epoxide rings is 1. The normalized spacial score (nSPS) is 33.2. The Morgan fingerprint density at radius 1 is 1.05 bits per heavy atom. The van der Waals surface area contributed by atoms with Crippen molar-refractivity contribution >= 4 is 11.9 Å². The third kappa shape index (κ3) is 7.88. The number of esters is 2. The van der Waals surface area contributed by atoms with E-state index in [0.717, 1.165) is 11.1 Å². The van der Waals surface area contributed by atoms with Gasteiger partial charge in [0.2, 0.25) is 0 Å². The average Bonchev–Trinajstić information content (AvgIpc) is 3.46. The molecular formula is C36H48O7. The van der Waals surface area contributed by atoms with Gasteiger partial charge in [0.05, 0.1) is 23.9 Å². The van der Waals surface area contributed by atoms with Crippen molar-refractivity contribution in [1.29, 1.82) is 0 Å². The Kier molecular flexibility index (Phi) is 10.3. The number of carbonyl (C=O) groups excluding carboxylic acids is 2. The lowest BCUT2D eigenvalue weighted by Gasteiger charge is -2.44. The van der Waals surface area contributed by atoms with Crippen molar-refractivity contribution < 1.29 is 34.0 Å². The van der Waals surface area contributed by atoms with Crippen LogP contribution < -0.4 is 0 Å². The van der Waals surface area contributed by atoms with Gasteiger partial charge in [0.25, 0.3) is 0 Å². The van der Waals surface area contributed by atoms with Crippen LogP contribution in [0.2, 0.25) is 0 Å². The lowest BCUT2D eigenvalue weighted by molar-refractivity contribution is -0.152. The number of rotatable bonds is 7. The second-order valence-electron chi connectivity index (χ2n) is 13.7. The first-order valence-electron chi connectivity index (χ1n) is 15.0. The molecule has 2 saturated carbocycles. The topological polar surface area (TPSA) is 106 Å². The lowest BCUT2D eigenvalue weighted by atomic mass is 9.63. The molecule has 1 saturated heterocycles. The van der Waals surface area contributed by atoms with Crippen LogP contribution >= 0.6 is 0 Å². The van der Waals surface area contributed by atoms with Crippen molar-refractivity contribution in [3.8, 4) is 11.8 Å². The van der Waals surface area contributed by atoms with Gasteiger partial charge in [0.15, 0.2) is 0 Å². The second kappa shape index (κ2) is 12.8. The van der Waals surface area contributed by atoms with E-state index in [1.807, 2.05) is 45.9 Å². The molecule has 7 heteroatoms. The minimum Gasteiger partial charge on any atom is -0.462 e. The van der Waals surface area contributed by atoms with E-state index in [4.69, 9.17) is 14.2 Å². The molecule has 0 spiro atoms. The van der Waals surface area contributed by atoms with E-state index in [9.17, 15) is 19.8 Å². The summed E-state index contributed by atoms with van der Waals surface area (Å²) >= 11 is 0. The van der Waals surface area contributed by atoms with Gasteiger partial charge in [-0.2, -0.15) is 0 Å². The second-order valence-corrected chi connectivity index (χ2v) is 13.7. The predicted octanol–water partition coefficient (Wildman–Crippen LogP) is 5.83. The molecule has 43 heavy (non-hydrogen) atoms. The number of aliphatic hydroxyl groups is 2. The molecule has 3 rings (SSSR count). The minimum absolute atomic E-state index is 0.252. The lowest BCUT2D eigenvalue weighted by Crippen LogP contribution is -2.46. The highest BCUT2D eigenvalue weighted by Crippen LogP contribution is 2.66. The maximum absolute atomic E-state index is 12.6. The average molecular weight is 593 g/mol. The van der Waals surface area contributed by atoms with Crippen LogP contribution in [0.15, 0.2) is 65.0 Å². The van der Waals surface area contributed by atoms with Gasteiger partial charge in [0.1, 0.15) is 17.3 Å². The van der Waals surface area contributed by atoms with Gasteiger partial charge in [0, 0.05) is 36.8 Å². The molecule has 0 bridgehead atoms. The Bertz CT molecular complexity index is 1330. The Morgan fingerprint density at radius 3 is 2.35 bits per heavy atom. The molecule has 3 aliphatic rings. The molecule has 5 atom stereocenters. The van der Waals surface area contributed by atoms with E-state index in [1.165, 1.54) is 13.0 Å². The van der Waals surface area contributed by atoms with Crippen LogP contribution in [-0.4, -0.2) is 57.8 Å². The van der Waals surface area contributed by atoms with Gasteiger partial charge in [-0.25, -0.2) is 4.79 Å². The smallest absolute Gasteiger partial charge is 0.338 e. The van der Waals surface area contributed by atoms with Gasteiger partial charge >= 0.3 is 11.9 Å². The summed E-state index contributed by atoms with van der Waals surface area (Å²) in [7, 11) is 0. The van der Waals surface area contributed by atoms with Crippen LogP contribution in [0.25, 0.3) is 0 Å². The Balaban J connectivity index is 1.74. The number of allylic oxidation sites excluding steroid dienone is 5. The summed E-state index contributed by atoms with van der Waals surface area (Å²) in [5, 5.41) is 21.4. The molecule has 0 aromatic heterocycles. The molecule has 0 amide bonds. The molecular weight excluding hydrogens is 544 g/mol. The summed E-state index contributed by atoms with van der Waals surface area (Å²) < 4.78 is 16.8. The van der Waals surface area contributed by atoms with Crippen molar-refractivity contribution in [2.24, 2.45) is 10.8 Å². The molecule has 0 unspecified atom stereocenters. The van der Waals surface area contributed by atoms with E-state index < -0.39 is 34.3 Å². The molecule has 2 aliphatic carbocycles. The van der Waals surface area contributed by atoms with E-state index in [2.05, 4.69) is 31.4 Å². The van der Waals surface area contributed by atoms with Crippen molar-refractivity contribution in [3.05, 3.63) is 65.0 Å². The fourth-order valence-electron chi connectivity index (χ4n) is 7.01. The number of ether oxygens (including phenoxy) is 3. The first-order valence-corrected chi connectivity index (χ1v) is 15.0. The van der Waals surface area contributed by atoms with Gasteiger partial charge in [-0.15, -0.1) is 5.73 Å². The van der Waals surface area contributed by atoms with E-state index >= 15 is 0 Å². The molecule has 0 aromatic rings. The van der Waals surface area contributed by atoms with Crippen LogP contribution in [0.3, 0.4) is 0 Å². The van der Waals surface area contributed by atoms with Crippen molar-refractivity contribution in [2.75, 3.05) is 6.61 Å². The zero-order valence-corrected chi connectivity index (χ0v) is 27.2. The first-order chi connectivity index (χ1) is 19.9. The number of fused-ring (bicyclic) bond motifs is 1. The molecule has 234 valence electrons. The van der Waals surface area contributed by atoms with Gasteiger partial charge in [-0.1, -0.05) is 51.7 Å². The number of hydrogen-bond acceptors (Lipinski definition) is 7. The summed E-state index contributed by atoms with van der Waals surface area (Å²) in [5.74, 6) is 5.04. The zero-order chi connectivity index (χ0) is 32.3. The zero-order valence-electron chi connectivity index (χ0n) is 27.2. The summed E-state index contributed by atoms with van der Waals surface area (Å²) in [4.78, 5) is 24.1. The van der Waals surface area contributed by atoms with Crippen LogP contribution in [0.1, 0.15) is 88.0 Å². The maximum atomic E-state index is 12.6. The Hall–Kier alpha value is -3.14. The highest BCUT2D eigenvalue weighted by atomic mass is 16.6. The van der Waals surface area contributed by atoms with E-state index in [1.54, 1.807) is 32.1 Å². The fraction of sp³-hybridized carbons (Fsp3) is 0.583. The highest BCUT2D eigenvalue weighted by Gasteiger charge is 2.74. The number of aliphatic hydroxyl groups excluding tert-OH is 1. The molecule has 0 aromatic carbocycles. The standard InChI is InChI=1S/C36H48O7/c1-10-41-31(39)27(19-20-36-33(6,7)21-28(38)22-35(36,9)43-36)16-14-12-11-13-15-25(2)17-18-30-32(4,5)23-29(42-26(3)37)24-34(30,8)40/h11,13,15-17,19-20,28-29,38,40H,10,21-24H2,1-9H3/b13-11+,20-19+,25-15+,27-16-/t18?,28-,29-,34+,35+,36-/m0/s1. The molecule has 1 aliphatic heterocycles. The number of carbonyl (C=O) groups is 2. The third-order valence-corrected chi connectivity index (χ3v) is 8.72. The molecule has 7 nitrogen and oxygen atoms in total. The highest BCUT2D eigenvalue weighted by molar-refractivity contribution is 5.92. The summed E-state index contributed by atoms with van der Waals surface area (Å²) in [5.41, 5.74) is 2.44. The SMILES string of the molecule is CCOC(=O)C(=C\C#C/C=C/C=C(\C)C=C=C1C(C)(C)C[C@H](OC(C)=O)C[C@@]1(C)O)/C=C/[C@@]12O[C@]1(C)C[C@@H](O)CC2(C)C. The van der Waals surface area contributed by atoms with Crippen LogP contribution in [0, 0.1) is 22.7 Å². The Morgan fingerprint density at radius 2 is 1.74 bits per heavy atom. The summed E-state index contributed by atoms with van der Waals surface area (Å²) in [6, 6.07) is 0. The van der Waals surface area contributed by atoms with E-state index in [0.29, 0.717) is 31.3 Å². The van der Waals surface area contributed by atoms with Gasteiger partial charge in [-0.05, 0) is 75.8 Å². The van der Waals surface area contributed by atoms with Crippen molar-refractivity contribution in [1.82, 2.24) is 0 Å². The molecule has 2 N–H and O–H groups in total. The van der Waals surface area contributed by atoms with Crippen molar-refractivity contribution in [3.63, 3.8) is 0 Å². The predicted molar refractivity (Wildman–Crippen MR) is 167 cm³/mol. The summed E-state index contributed by atoms with van der Waals surface area (Å²) in [6.45, 7) is 17.2. The maximum Gasteiger partial charge on any atom is 0.338 e. The Labute approximate surface area is 257 Å². The minimum atomic E-state index is -1.14. The third-order valence-electron chi connectivity index (χ3n) is 8.72. The first kappa shape index (κ1) is 34.4. The molecule has 0 radical (unpaired) electrons. The van der Waals surface area contributed by atoms with Gasteiger partial charge < -0.3 is 24.4 Å². The largest absolute Gasteiger partial charge is 0.462 e. The van der Waals surface area contributed by atoms with Crippen molar-refractivity contribution in [2.45, 2.75) is 117 Å². The fourth-order valence-corrected chi connectivity index (χ4v) is 7.01. The van der Waals surface area contributed by atoms with Crippen LogP contribution in [0.4, 0.5) is 0 Å². The summed E-state index contributed by atoms with van der Waals surface area (Å²) in [6.07, 6.45) is 13.7. The van der Waals surface area contributed by atoms with E-state index in [-0.39, 0.29) is 24.1 Å².